The molecule has 0 saturated heterocycles. The van der Waals surface area contributed by atoms with Gasteiger partial charge in [-0.1, -0.05) is 6.07 Å². The number of carbonyl (C=O) groups is 3. The van der Waals surface area contributed by atoms with E-state index in [2.05, 4.69) is 0 Å². The third-order valence-corrected chi connectivity index (χ3v) is 5.15. The Kier molecular flexibility index (Phi) is 6.56. The van der Waals surface area contributed by atoms with Gasteiger partial charge in [-0.05, 0) is 43.3 Å². The molecule has 0 amide bonds. The molecule has 0 bridgehead atoms. The molecule has 6 nitrogen and oxygen atoms in total. The quantitative estimate of drug-likeness (QED) is 0.405. The number of ether oxygens (including phenoxy) is 3. The number of rotatable bonds is 8. The fourth-order valence-corrected chi connectivity index (χ4v) is 3.76. The monoisotopic (exact) mass is 416 g/mol. The topological polar surface area (TPSA) is 78.9 Å². The van der Waals surface area contributed by atoms with Crippen LogP contribution in [0.3, 0.4) is 0 Å². The average molecular weight is 416 g/mol. The van der Waals surface area contributed by atoms with Crippen LogP contribution >= 0.6 is 11.3 Å². The summed E-state index contributed by atoms with van der Waals surface area (Å²) in [5.74, 6) is -1.39. The van der Waals surface area contributed by atoms with Crippen LogP contribution in [0.25, 0.3) is 10.1 Å². The molecule has 0 spiro atoms. The molecule has 0 N–H and O–H groups in total. The highest BCUT2D eigenvalue weighted by molar-refractivity contribution is 7.21. The average Bonchev–Trinajstić information content (AvgIpc) is 3.11. The molecule has 1 aromatic heterocycles. The predicted octanol–water partition coefficient (Wildman–Crippen LogP) is 4.15. The van der Waals surface area contributed by atoms with Gasteiger partial charge in [0.05, 0.1) is 6.61 Å². The van der Waals surface area contributed by atoms with Crippen molar-refractivity contribution < 1.29 is 33.0 Å². The lowest BCUT2D eigenvalue weighted by Crippen LogP contribution is -2.15. The first-order valence-electron chi connectivity index (χ1n) is 8.74. The smallest absolute Gasteiger partial charge is 0.348 e. The molecule has 2 aromatic carbocycles. The Morgan fingerprint density at radius 3 is 2.55 bits per heavy atom. The van der Waals surface area contributed by atoms with Crippen molar-refractivity contribution in [1.29, 1.82) is 0 Å². The molecule has 0 atom stereocenters. The summed E-state index contributed by atoms with van der Waals surface area (Å²) in [5.41, 5.74) is 0.753. The molecule has 0 unspecified atom stereocenters. The summed E-state index contributed by atoms with van der Waals surface area (Å²) >= 11 is 1.09. The minimum absolute atomic E-state index is 0.172. The van der Waals surface area contributed by atoms with E-state index in [1.165, 1.54) is 6.07 Å². The van der Waals surface area contributed by atoms with Crippen LogP contribution in [-0.4, -0.2) is 31.4 Å². The van der Waals surface area contributed by atoms with E-state index in [1.54, 1.807) is 43.3 Å². The summed E-state index contributed by atoms with van der Waals surface area (Å²) in [6, 6.07) is 10.7. The van der Waals surface area contributed by atoms with Crippen molar-refractivity contribution >= 4 is 39.6 Å². The van der Waals surface area contributed by atoms with Gasteiger partial charge in [0.2, 0.25) is 0 Å². The SMILES string of the molecule is CCOC(=O)c1sc2cccc(F)c2c1COC(=O)COc1ccc(C=O)cc1. The van der Waals surface area contributed by atoms with Crippen LogP contribution in [0, 0.1) is 5.82 Å². The Labute approximate surface area is 169 Å². The Morgan fingerprint density at radius 2 is 1.86 bits per heavy atom. The molecule has 0 aliphatic rings. The number of fused-ring (bicyclic) bond motifs is 1. The van der Waals surface area contributed by atoms with Crippen LogP contribution in [0.5, 0.6) is 5.75 Å². The Morgan fingerprint density at radius 1 is 1.10 bits per heavy atom. The number of hydrogen-bond acceptors (Lipinski definition) is 7. The van der Waals surface area contributed by atoms with E-state index < -0.39 is 17.8 Å². The van der Waals surface area contributed by atoms with Crippen LogP contribution in [0.2, 0.25) is 0 Å². The molecule has 0 fully saturated rings. The van der Waals surface area contributed by atoms with Crippen LogP contribution in [0.1, 0.15) is 32.5 Å². The molecule has 0 radical (unpaired) electrons. The Balaban J connectivity index is 1.71. The number of halogens is 1. The molecule has 0 aliphatic carbocycles. The predicted molar refractivity (Wildman–Crippen MR) is 105 cm³/mol. The van der Waals surface area contributed by atoms with E-state index in [0.717, 1.165) is 11.3 Å². The van der Waals surface area contributed by atoms with Crippen molar-refractivity contribution in [2.45, 2.75) is 13.5 Å². The Hall–Kier alpha value is -3.26. The van der Waals surface area contributed by atoms with Crippen molar-refractivity contribution in [3.63, 3.8) is 0 Å². The molecule has 8 heteroatoms. The van der Waals surface area contributed by atoms with Gasteiger partial charge in [-0.15, -0.1) is 11.3 Å². The largest absolute Gasteiger partial charge is 0.482 e. The number of benzene rings is 2. The summed E-state index contributed by atoms with van der Waals surface area (Å²) in [5, 5.41) is 0.235. The fraction of sp³-hybridized carbons (Fsp3) is 0.190. The van der Waals surface area contributed by atoms with E-state index >= 15 is 0 Å². The third kappa shape index (κ3) is 4.78. The standard InChI is InChI=1S/C21H17FO6S/c1-2-26-21(25)20-15(19-16(22)4-3-5-17(19)29-20)11-28-18(24)12-27-14-8-6-13(10-23)7-9-14/h3-10H,2,11-12H2,1H3. The molecule has 150 valence electrons. The van der Waals surface area contributed by atoms with Crippen molar-refractivity contribution in [2.24, 2.45) is 0 Å². The van der Waals surface area contributed by atoms with Gasteiger partial charge in [-0.2, -0.15) is 0 Å². The maximum atomic E-state index is 14.3. The lowest BCUT2D eigenvalue weighted by Gasteiger charge is -2.08. The number of hydrogen-bond donors (Lipinski definition) is 0. The first-order chi connectivity index (χ1) is 14.0. The fourth-order valence-electron chi connectivity index (χ4n) is 2.65. The maximum Gasteiger partial charge on any atom is 0.348 e. The highest BCUT2D eigenvalue weighted by atomic mass is 32.1. The molecular formula is C21H17FO6S. The second-order valence-electron chi connectivity index (χ2n) is 5.88. The highest BCUT2D eigenvalue weighted by Crippen LogP contribution is 2.34. The first-order valence-corrected chi connectivity index (χ1v) is 9.55. The van der Waals surface area contributed by atoms with Gasteiger partial charge in [-0.25, -0.2) is 14.0 Å². The highest BCUT2D eigenvalue weighted by Gasteiger charge is 2.23. The lowest BCUT2D eigenvalue weighted by molar-refractivity contribution is -0.147. The summed E-state index contributed by atoms with van der Waals surface area (Å²) in [7, 11) is 0. The zero-order valence-electron chi connectivity index (χ0n) is 15.5. The van der Waals surface area contributed by atoms with E-state index in [1.807, 2.05) is 0 Å². The minimum atomic E-state index is -0.685. The maximum absolute atomic E-state index is 14.3. The van der Waals surface area contributed by atoms with Gasteiger partial charge in [0, 0.05) is 21.2 Å². The normalized spacial score (nSPS) is 10.6. The zero-order chi connectivity index (χ0) is 20.8. The van der Waals surface area contributed by atoms with Crippen molar-refractivity contribution in [3.8, 4) is 5.75 Å². The Bertz CT molecular complexity index is 1040. The molecular weight excluding hydrogens is 399 g/mol. The third-order valence-electron chi connectivity index (χ3n) is 3.97. The van der Waals surface area contributed by atoms with Gasteiger partial charge in [-0.3, -0.25) is 4.79 Å². The van der Waals surface area contributed by atoms with Crippen LogP contribution in [0.15, 0.2) is 42.5 Å². The summed E-state index contributed by atoms with van der Waals surface area (Å²) in [6.07, 6.45) is 0.698. The first kappa shape index (κ1) is 20.5. The zero-order valence-corrected chi connectivity index (χ0v) is 16.3. The lowest BCUT2D eigenvalue weighted by atomic mass is 10.1. The molecule has 3 rings (SSSR count). The van der Waals surface area contributed by atoms with Gasteiger partial charge < -0.3 is 14.2 Å². The van der Waals surface area contributed by atoms with Crippen LogP contribution in [0.4, 0.5) is 4.39 Å². The van der Waals surface area contributed by atoms with Crippen molar-refractivity contribution in [3.05, 3.63) is 64.3 Å². The van der Waals surface area contributed by atoms with Crippen LogP contribution in [-0.2, 0) is 20.9 Å². The van der Waals surface area contributed by atoms with E-state index in [9.17, 15) is 18.8 Å². The molecule has 0 saturated carbocycles. The molecule has 1 heterocycles. The van der Waals surface area contributed by atoms with Crippen molar-refractivity contribution in [1.82, 2.24) is 0 Å². The molecule has 3 aromatic rings. The summed E-state index contributed by atoms with van der Waals surface area (Å²) in [4.78, 5) is 35.1. The summed E-state index contributed by atoms with van der Waals surface area (Å²) < 4.78 is 30.4. The van der Waals surface area contributed by atoms with E-state index in [0.29, 0.717) is 22.3 Å². The number of thiophene rings is 1. The number of aldehydes is 1. The van der Waals surface area contributed by atoms with Gasteiger partial charge in [0.25, 0.3) is 0 Å². The van der Waals surface area contributed by atoms with E-state index in [4.69, 9.17) is 14.2 Å². The van der Waals surface area contributed by atoms with Gasteiger partial charge in [0.1, 0.15) is 29.3 Å². The second-order valence-corrected chi connectivity index (χ2v) is 6.93. The van der Waals surface area contributed by atoms with Crippen LogP contribution < -0.4 is 4.74 Å². The molecule has 0 aliphatic heterocycles. The number of esters is 2. The molecule has 29 heavy (non-hydrogen) atoms. The minimum Gasteiger partial charge on any atom is -0.482 e. The summed E-state index contributed by atoms with van der Waals surface area (Å²) in [6.45, 7) is 1.18. The van der Waals surface area contributed by atoms with E-state index in [-0.39, 0.29) is 35.6 Å². The number of carbonyl (C=O) groups excluding carboxylic acids is 3. The van der Waals surface area contributed by atoms with Crippen molar-refractivity contribution in [2.75, 3.05) is 13.2 Å². The van der Waals surface area contributed by atoms with Gasteiger partial charge >= 0.3 is 11.9 Å². The van der Waals surface area contributed by atoms with Gasteiger partial charge in [0.15, 0.2) is 6.61 Å². The second kappa shape index (κ2) is 9.29.